The Morgan fingerprint density at radius 1 is 1.18 bits per heavy atom. The van der Waals surface area contributed by atoms with Crippen LogP contribution in [0, 0.1) is 11.3 Å². The Kier molecular flexibility index (Phi) is 7.02. The predicted molar refractivity (Wildman–Crippen MR) is 136 cm³/mol. The molecule has 0 atom stereocenters. The summed E-state index contributed by atoms with van der Waals surface area (Å²) in [6.07, 6.45) is 2.96. The Labute approximate surface area is 204 Å². The van der Waals surface area contributed by atoms with Gasteiger partial charge in [0, 0.05) is 67.6 Å². The molecule has 0 saturated carbocycles. The van der Waals surface area contributed by atoms with E-state index in [0.29, 0.717) is 35.1 Å². The van der Waals surface area contributed by atoms with Crippen LogP contribution in [0.25, 0.3) is 11.1 Å². The standard InChI is InChI=1S/C25H23Cl2N5O.H2/c1-31(12-10-29-24-9-4-17(15-28)16-30-24)19-6-8-23(32-11-2-3-25(32)33)21(14-19)20-7-5-18(26)13-22(20)27;/h4-9,13-14,16H,2-3,10-12H2,1H3,(H,29,30);1H. The minimum atomic E-state index is 0. The van der Waals surface area contributed by atoms with Crippen LogP contribution >= 0.6 is 23.2 Å². The number of hydrogen-bond donors (Lipinski definition) is 1. The lowest BCUT2D eigenvalue weighted by Crippen LogP contribution is -2.26. The Morgan fingerprint density at radius 3 is 2.70 bits per heavy atom. The van der Waals surface area contributed by atoms with Gasteiger partial charge in [0.25, 0.3) is 0 Å². The third-order valence-electron chi connectivity index (χ3n) is 5.65. The van der Waals surface area contributed by atoms with Crippen molar-refractivity contribution in [2.45, 2.75) is 12.8 Å². The van der Waals surface area contributed by atoms with Gasteiger partial charge in [-0.05, 0) is 48.9 Å². The van der Waals surface area contributed by atoms with E-state index in [2.05, 4.69) is 27.3 Å². The zero-order valence-electron chi connectivity index (χ0n) is 18.2. The molecule has 1 amide bonds. The second-order valence-corrected chi connectivity index (χ2v) is 8.71. The van der Waals surface area contributed by atoms with Crippen molar-refractivity contribution in [1.29, 1.82) is 5.26 Å². The van der Waals surface area contributed by atoms with Crippen LogP contribution < -0.4 is 15.1 Å². The number of nitriles is 1. The second-order valence-electron chi connectivity index (χ2n) is 7.87. The quantitative estimate of drug-likeness (QED) is 0.458. The Hall–Kier alpha value is -3.27. The van der Waals surface area contributed by atoms with E-state index in [1.807, 2.05) is 36.2 Å². The van der Waals surface area contributed by atoms with E-state index in [1.54, 1.807) is 24.4 Å². The third-order valence-corrected chi connectivity index (χ3v) is 6.20. The normalized spacial score (nSPS) is 13.2. The minimum absolute atomic E-state index is 0. The molecule has 33 heavy (non-hydrogen) atoms. The summed E-state index contributed by atoms with van der Waals surface area (Å²) in [6, 6.07) is 17.1. The topological polar surface area (TPSA) is 72.3 Å². The van der Waals surface area contributed by atoms with Crippen LogP contribution in [-0.4, -0.2) is 37.6 Å². The summed E-state index contributed by atoms with van der Waals surface area (Å²) in [5, 5.41) is 13.3. The lowest BCUT2D eigenvalue weighted by molar-refractivity contribution is -0.117. The molecule has 170 valence electrons. The van der Waals surface area contributed by atoms with Crippen LogP contribution in [0.15, 0.2) is 54.7 Å². The number of nitrogens with one attached hydrogen (secondary N) is 1. The Balaban J connectivity index is 0.00000324. The molecule has 0 aliphatic carbocycles. The van der Waals surface area contributed by atoms with Gasteiger partial charge in [-0.25, -0.2) is 4.98 Å². The van der Waals surface area contributed by atoms with Gasteiger partial charge in [0.2, 0.25) is 5.91 Å². The van der Waals surface area contributed by atoms with Gasteiger partial charge in [-0.3, -0.25) is 4.79 Å². The molecule has 0 unspecified atom stereocenters. The van der Waals surface area contributed by atoms with Gasteiger partial charge in [-0.2, -0.15) is 5.26 Å². The molecule has 4 rings (SSSR count). The van der Waals surface area contributed by atoms with Crippen molar-refractivity contribution in [2.75, 3.05) is 41.8 Å². The highest BCUT2D eigenvalue weighted by Gasteiger charge is 2.25. The van der Waals surface area contributed by atoms with E-state index in [-0.39, 0.29) is 7.33 Å². The van der Waals surface area contributed by atoms with E-state index in [0.717, 1.165) is 41.3 Å². The monoisotopic (exact) mass is 481 g/mol. The summed E-state index contributed by atoms with van der Waals surface area (Å²) in [5.41, 5.74) is 4.13. The molecule has 1 aliphatic rings. The van der Waals surface area contributed by atoms with Crippen LogP contribution in [0.4, 0.5) is 17.2 Å². The van der Waals surface area contributed by atoms with E-state index < -0.39 is 0 Å². The molecule has 1 saturated heterocycles. The van der Waals surface area contributed by atoms with Crippen LogP contribution in [0.3, 0.4) is 0 Å². The van der Waals surface area contributed by atoms with Crippen molar-refractivity contribution in [3.63, 3.8) is 0 Å². The molecule has 1 aromatic heterocycles. The minimum Gasteiger partial charge on any atom is -0.373 e. The summed E-state index contributed by atoms with van der Waals surface area (Å²) >= 11 is 12.7. The number of carbonyl (C=O) groups is 1. The maximum atomic E-state index is 12.5. The van der Waals surface area contributed by atoms with Crippen molar-refractivity contribution in [1.82, 2.24) is 4.98 Å². The molecule has 2 aromatic carbocycles. The summed E-state index contributed by atoms with van der Waals surface area (Å²) in [7, 11) is 2.01. The van der Waals surface area contributed by atoms with Crippen molar-refractivity contribution < 1.29 is 6.22 Å². The number of hydrogen-bond acceptors (Lipinski definition) is 5. The molecular weight excluding hydrogens is 457 g/mol. The highest BCUT2D eigenvalue weighted by atomic mass is 35.5. The van der Waals surface area contributed by atoms with E-state index >= 15 is 0 Å². The first-order chi connectivity index (χ1) is 16.0. The average molecular weight is 482 g/mol. The van der Waals surface area contributed by atoms with E-state index in [4.69, 9.17) is 28.5 Å². The fourth-order valence-corrected chi connectivity index (χ4v) is 4.38. The number of likely N-dealkylation sites (N-methyl/N-ethyl adjacent to an activating group) is 1. The molecule has 0 radical (unpaired) electrons. The maximum absolute atomic E-state index is 12.5. The molecule has 8 heteroatoms. The zero-order valence-corrected chi connectivity index (χ0v) is 19.7. The molecule has 1 aliphatic heterocycles. The van der Waals surface area contributed by atoms with Crippen molar-refractivity contribution in [3.05, 3.63) is 70.3 Å². The summed E-state index contributed by atoms with van der Waals surface area (Å²) in [6.45, 7) is 2.09. The second kappa shape index (κ2) is 10.1. The highest BCUT2D eigenvalue weighted by molar-refractivity contribution is 6.36. The van der Waals surface area contributed by atoms with Crippen LogP contribution in [0.5, 0.6) is 0 Å². The number of nitrogens with zero attached hydrogens (tertiary/aromatic N) is 4. The molecule has 6 nitrogen and oxygen atoms in total. The van der Waals surface area contributed by atoms with Gasteiger partial charge in [0.15, 0.2) is 0 Å². The largest absolute Gasteiger partial charge is 0.373 e. The number of carbonyl (C=O) groups excluding carboxylic acids is 1. The molecule has 1 fully saturated rings. The number of aromatic nitrogens is 1. The van der Waals surface area contributed by atoms with Crippen molar-refractivity contribution in [3.8, 4) is 17.2 Å². The number of anilines is 3. The fraction of sp³-hybridized carbons (Fsp3) is 0.240. The van der Waals surface area contributed by atoms with Crippen molar-refractivity contribution in [2.24, 2.45) is 0 Å². The van der Waals surface area contributed by atoms with Gasteiger partial charge >= 0.3 is 0 Å². The average Bonchev–Trinajstić information content (AvgIpc) is 3.24. The molecule has 1 N–H and O–H groups in total. The number of rotatable bonds is 7. The first-order valence-corrected chi connectivity index (χ1v) is 11.4. The number of amides is 1. The van der Waals surface area contributed by atoms with E-state index in [1.165, 1.54) is 0 Å². The Bertz CT molecular complexity index is 1210. The van der Waals surface area contributed by atoms with Crippen LogP contribution in [-0.2, 0) is 4.79 Å². The van der Waals surface area contributed by atoms with Crippen LogP contribution in [0.2, 0.25) is 10.0 Å². The summed E-state index contributed by atoms with van der Waals surface area (Å²) < 4.78 is 0. The fourth-order valence-electron chi connectivity index (χ4n) is 3.87. The lowest BCUT2D eigenvalue weighted by atomic mass is 10.0. The molecule has 2 heterocycles. The molecule has 0 spiro atoms. The first-order valence-electron chi connectivity index (χ1n) is 10.7. The zero-order chi connectivity index (χ0) is 23.4. The van der Waals surface area contributed by atoms with Crippen LogP contribution in [0.1, 0.15) is 19.8 Å². The lowest BCUT2D eigenvalue weighted by Gasteiger charge is -2.25. The molecule has 0 bridgehead atoms. The van der Waals surface area contributed by atoms with Gasteiger partial charge < -0.3 is 15.1 Å². The van der Waals surface area contributed by atoms with Gasteiger partial charge in [0.1, 0.15) is 11.9 Å². The molecular formula is C25H25Cl2N5O. The smallest absolute Gasteiger partial charge is 0.227 e. The first kappa shape index (κ1) is 22.9. The van der Waals surface area contributed by atoms with Gasteiger partial charge in [-0.15, -0.1) is 0 Å². The summed E-state index contributed by atoms with van der Waals surface area (Å²) in [5.74, 6) is 0.848. The Morgan fingerprint density at radius 2 is 2.03 bits per heavy atom. The third kappa shape index (κ3) is 5.22. The van der Waals surface area contributed by atoms with E-state index in [9.17, 15) is 4.79 Å². The van der Waals surface area contributed by atoms with Gasteiger partial charge in [-0.1, -0.05) is 29.3 Å². The van der Waals surface area contributed by atoms with Crippen molar-refractivity contribution >= 4 is 46.3 Å². The molecule has 3 aromatic rings. The SMILES string of the molecule is CN(CCNc1ccc(C#N)cn1)c1ccc(N2CCCC2=O)c(-c2ccc(Cl)cc2Cl)c1.[HH]. The number of pyridine rings is 1. The maximum Gasteiger partial charge on any atom is 0.227 e. The number of benzene rings is 2. The predicted octanol–water partition coefficient (Wildman–Crippen LogP) is 5.85. The van der Waals surface area contributed by atoms with Gasteiger partial charge in [0.05, 0.1) is 11.3 Å². The highest BCUT2D eigenvalue weighted by Crippen LogP contribution is 2.40. The summed E-state index contributed by atoms with van der Waals surface area (Å²) in [4.78, 5) is 20.7. The number of halogens is 2.